The van der Waals surface area contributed by atoms with Crippen molar-refractivity contribution in [3.05, 3.63) is 0 Å². The molecule has 0 aromatic carbocycles. The maximum absolute atomic E-state index is 12.0. The molecule has 5 heteroatoms. The summed E-state index contributed by atoms with van der Waals surface area (Å²) in [6, 6.07) is 0.435. The van der Waals surface area contributed by atoms with E-state index in [-0.39, 0.29) is 24.5 Å². The summed E-state index contributed by atoms with van der Waals surface area (Å²) in [5, 5.41) is 3.49. The van der Waals surface area contributed by atoms with E-state index >= 15 is 0 Å². The Balaban J connectivity index is 2.28. The monoisotopic (exact) mass is 281 g/mol. The second-order valence-corrected chi connectivity index (χ2v) is 5.68. The third-order valence-electron chi connectivity index (χ3n) is 4.31. The average Bonchev–Trinajstić information content (AvgIpc) is 2.33. The number of rotatable bonds is 8. The summed E-state index contributed by atoms with van der Waals surface area (Å²) in [4.78, 5) is 0. The normalized spacial score (nSPS) is 31.3. The summed E-state index contributed by atoms with van der Waals surface area (Å²) in [6.07, 6.45) is -1.67. The van der Waals surface area contributed by atoms with Crippen molar-refractivity contribution in [2.75, 3.05) is 13.2 Å². The van der Waals surface area contributed by atoms with Crippen LogP contribution in [0.5, 0.6) is 0 Å². The van der Waals surface area contributed by atoms with Crippen LogP contribution in [0, 0.1) is 5.41 Å². The van der Waals surface area contributed by atoms with Crippen molar-refractivity contribution < 1.29 is 17.9 Å². The molecule has 2 nitrogen and oxygen atoms in total. The van der Waals surface area contributed by atoms with Crippen LogP contribution in [-0.2, 0) is 4.74 Å². The fraction of sp³-hybridized carbons (Fsp3) is 1.00. The standard InChI is InChI=1S/C14H26F3NO/c1-4-8-18-11-10-12(13(11,3)5-2)19-9-6-7-14(15,16)17/h11-12,18H,4-10H2,1-3H3. The van der Waals surface area contributed by atoms with Gasteiger partial charge in [-0.3, -0.25) is 0 Å². The number of nitrogens with one attached hydrogen (secondary N) is 1. The van der Waals surface area contributed by atoms with Crippen molar-refractivity contribution in [2.45, 2.75) is 71.2 Å². The first-order valence-corrected chi connectivity index (χ1v) is 7.25. The van der Waals surface area contributed by atoms with Gasteiger partial charge in [0.15, 0.2) is 0 Å². The van der Waals surface area contributed by atoms with Crippen LogP contribution in [0.25, 0.3) is 0 Å². The van der Waals surface area contributed by atoms with Crippen LogP contribution in [0.2, 0.25) is 0 Å². The molecule has 0 aromatic heterocycles. The van der Waals surface area contributed by atoms with E-state index in [2.05, 4.69) is 26.1 Å². The number of halogens is 3. The molecule has 0 amide bonds. The second-order valence-electron chi connectivity index (χ2n) is 5.68. The lowest BCUT2D eigenvalue weighted by Gasteiger charge is -2.54. The smallest absolute Gasteiger partial charge is 0.378 e. The Hall–Kier alpha value is -0.290. The van der Waals surface area contributed by atoms with Crippen LogP contribution in [0.4, 0.5) is 13.2 Å². The van der Waals surface area contributed by atoms with E-state index in [1.165, 1.54) is 0 Å². The largest absolute Gasteiger partial charge is 0.389 e. The van der Waals surface area contributed by atoms with Crippen molar-refractivity contribution >= 4 is 0 Å². The van der Waals surface area contributed by atoms with E-state index in [0.29, 0.717) is 6.04 Å². The molecule has 0 heterocycles. The zero-order chi connectivity index (χ0) is 14.5. The first-order chi connectivity index (χ1) is 8.83. The highest BCUT2D eigenvalue weighted by Gasteiger charge is 2.50. The number of ether oxygens (including phenoxy) is 1. The summed E-state index contributed by atoms with van der Waals surface area (Å²) in [6.45, 7) is 7.60. The molecule has 1 aliphatic carbocycles. The number of hydrogen-bond donors (Lipinski definition) is 1. The fourth-order valence-electron chi connectivity index (χ4n) is 2.68. The highest BCUT2D eigenvalue weighted by atomic mass is 19.4. The van der Waals surface area contributed by atoms with E-state index in [0.717, 1.165) is 25.8 Å². The Morgan fingerprint density at radius 1 is 1.32 bits per heavy atom. The lowest BCUT2D eigenvalue weighted by atomic mass is 9.61. The Morgan fingerprint density at radius 3 is 2.53 bits per heavy atom. The Labute approximate surface area is 114 Å². The molecule has 1 saturated carbocycles. The molecular formula is C14H26F3NO. The maximum Gasteiger partial charge on any atom is 0.389 e. The van der Waals surface area contributed by atoms with Gasteiger partial charge in [-0.25, -0.2) is 0 Å². The fourth-order valence-corrected chi connectivity index (χ4v) is 2.68. The van der Waals surface area contributed by atoms with Gasteiger partial charge in [0, 0.05) is 24.5 Å². The van der Waals surface area contributed by atoms with Crippen molar-refractivity contribution in [1.29, 1.82) is 0 Å². The average molecular weight is 281 g/mol. The molecule has 1 N–H and O–H groups in total. The van der Waals surface area contributed by atoms with Crippen LogP contribution >= 0.6 is 0 Å². The van der Waals surface area contributed by atoms with Gasteiger partial charge >= 0.3 is 6.18 Å². The van der Waals surface area contributed by atoms with Crippen molar-refractivity contribution in [1.82, 2.24) is 5.32 Å². The molecule has 0 radical (unpaired) electrons. The Morgan fingerprint density at radius 2 is 2.00 bits per heavy atom. The van der Waals surface area contributed by atoms with Gasteiger partial charge in [-0.15, -0.1) is 0 Å². The van der Waals surface area contributed by atoms with E-state index < -0.39 is 12.6 Å². The van der Waals surface area contributed by atoms with E-state index in [4.69, 9.17) is 4.74 Å². The third kappa shape index (κ3) is 4.63. The van der Waals surface area contributed by atoms with Gasteiger partial charge in [0.1, 0.15) is 0 Å². The molecule has 0 spiro atoms. The highest BCUT2D eigenvalue weighted by molar-refractivity contribution is 5.04. The Bertz CT molecular complexity index is 270. The molecule has 0 saturated heterocycles. The molecule has 114 valence electrons. The predicted octanol–water partition coefficient (Wildman–Crippen LogP) is 3.90. The summed E-state index contributed by atoms with van der Waals surface area (Å²) in [7, 11) is 0. The van der Waals surface area contributed by atoms with Crippen molar-refractivity contribution in [3.63, 3.8) is 0 Å². The van der Waals surface area contributed by atoms with Crippen LogP contribution in [0.15, 0.2) is 0 Å². The lowest BCUT2D eigenvalue weighted by Crippen LogP contribution is -2.62. The van der Waals surface area contributed by atoms with Gasteiger partial charge in [-0.05, 0) is 32.2 Å². The van der Waals surface area contributed by atoms with Gasteiger partial charge < -0.3 is 10.1 Å². The first kappa shape index (κ1) is 16.8. The summed E-state index contributed by atoms with van der Waals surface area (Å²) < 4.78 is 41.7. The molecule has 1 aliphatic rings. The van der Waals surface area contributed by atoms with Gasteiger partial charge in [0.05, 0.1) is 6.10 Å². The molecule has 3 unspecified atom stereocenters. The predicted molar refractivity (Wildman–Crippen MR) is 70.1 cm³/mol. The SMILES string of the molecule is CCCNC1CC(OCCCC(F)(F)F)C1(C)CC. The summed E-state index contributed by atoms with van der Waals surface area (Å²) in [5.74, 6) is 0. The first-order valence-electron chi connectivity index (χ1n) is 7.25. The molecule has 0 aromatic rings. The van der Waals surface area contributed by atoms with Crippen LogP contribution < -0.4 is 5.32 Å². The third-order valence-corrected chi connectivity index (χ3v) is 4.31. The van der Waals surface area contributed by atoms with Crippen molar-refractivity contribution in [3.8, 4) is 0 Å². The highest BCUT2D eigenvalue weighted by Crippen LogP contribution is 2.46. The minimum atomic E-state index is -4.07. The van der Waals surface area contributed by atoms with Gasteiger partial charge in [0.25, 0.3) is 0 Å². The quantitative estimate of drug-likeness (QED) is 0.681. The molecule has 0 bridgehead atoms. The lowest BCUT2D eigenvalue weighted by molar-refractivity contribution is -0.152. The molecule has 0 aliphatic heterocycles. The van der Waals surface area contributed by atoms with Crippen LogP contribution in [0.3, 0.4) is 0 Å². The Kier molecular flexibility index (Phi) is 6.12. The summed E-state index contributed by atoms with van der Waals surface area (Å²) >= 11 is 0. The van der Waals surface area contributed by atoms with E-state index in [1.807, 2.05) is 0 Å². The van der Waals surface area contributed by atoms with E-state index in [1.54, 1.807) is 0 Å². The maximum atomic E-state index is 12.0. The van der Waals surface area contributed by atoms with Crippen LogP contribution in [-0.4, -0.2) is 31.5 Å². The topological polar surface area (TPSA) is 21.3 Å². The van der Waals surface area contributed by atoms with Gasteiger partial charge in [0.2, 0.25) is 0 Å². The van der Waals surface area contributed by atoms with E-state index in [9.17, 15) is 13.2 Å². The van der Waals surface area contributed by atoms with Gasteiger partial charge in [-0.2, -0.15) is 13.2 Å². The molecule has 3 atom stereocenters. The van der Waals surface area contributed by atoms with Crippen LogP contribution in [0.1, 0.15) is 52.9 Å². The number of hydrogen-bond acceptors (Lipinski definition) is 2. The zero-order valence-electron chi connectivity index (χ0n) is 12.1. The van der Waals surface area contributed by atoms with Crippen molar-refractivity contribution in [2.24, 2.45) is 5.41 Å². The second kappa shape index (κ2) is 6.93. The van der Waals surface area contributed by atoms with Gasteiger partial charge in [-0.1, -0.05) is 20.8 Å². The molecular weight excluding hydrogens is 255 g/mol. The minimum absolute atomic E-state index is 0.0624. The molecule has 19 heavy (non-hydrogen) atoms. The molecule has 1 rings (SSSR count). The minimum Gasteiger partial charge on any atom is -0.378 e. The molecule has 1 fully saturated rings. The summed E-state index contributed by atoms with van der Waals surface area (Å²) in [5.41, 5.74) is 0.0629. The number of alkyl halides is 3. The zero-order valence-corrected chi connectivity index (χ0v) is 12.1.